The van der Waals surface area contributed by atoms with Crippen molar-refractivity contribution in [2.24, 2.45) is 5.92 Å². The van der Waals surface area contributed by atoms with Crippen LogP contribution in [0.15, 0.2) is 10.6 Å². The SMILES string of the molecule is CCC1CCC(N(C(=O)c2cc(C)on2)C2CC2)CC1. The molecule has 0 atom stereocenters. The molecule has 4 nitrogen and oxygen atoms in total. The van der Waals surface area contributed by atoms with E-state index in [1.54, 1.807) is 6.07 Å². The molecule has 4 heteroatoms. The second-order valence-corrected chi connectivity index (χ2v) is 6.35. The van der Waals surface area contributed by atoms with Crippen molar-refractivity contribution >= 4 is 5.91 Å². The lowest BCUT2D eigenvalue weighted by molar-refractivity contribution is 0.0576. The van der Waals surface area contributed by atoms with E-state index in [2.05, 4.69) is 17.0 Å². The monoisotopic (exact) mass is 276 g/mol. The minimum atomic E-state index is 0.0734. The van der Waals surface area contributed by atoms with Crippen molar-refractivity contribution in [2.45, 2.75) is 70.9 Å². The molecule has 2 aliphatic carbocycles. The van der Waals surface area contributed by atoms with Gasteiger partial charge in [0.15, 0.2) is 5.69 Å². The maximum Gasteiger partial charge on any atom is 0.276 e. The van der Waals surface area contributed by atoms with Crippen LogP contribution in [-0.2, 0) is 0 Å². The van der Waals surface area contributed by atoms with Gasteiger partial charge in [0.2, 0.25) is 0 Å². The Morgan fingerprint density at radius 2 is 1.85 bits per heavy atom. The van der Waals surface area contributed by atoms with E-state index in [4.69, 9.17) is 4.52 Å². The van der Waals surface area contributed by atoms with Crippen molar-refractivity contribution in [3.8, 4) is 0 Å². The molecule has 110 valence electrons. The standard InChI is InChI=1S/C16H24N2O2/c1-3-12-4-6-13(7-5-12)18(14-8-9-14)16(19)15-10-11(2)20-17-15/h10,12-14H,3-9H2,1-2H3. The van der Waals surface area contributed by atoms with Crippen LogP contribution in [0.3, 0.4) is 0 Å². The summed E-state index contributed by atoms with van der Waals surface area (Å²) in [6.07, 6.45) is 8.39. The zero-order valence-electron chi connectivity index (χ0n) is 12.5. The fraction of sp³-hybridized carbons (Fsp3) is 0.750. The number of carbonyl (C=O) groups excluding carboxylic acids is 1. The second-order valence-electron chi connectivity index (χ2n) is 6.35. The molecule has 0 spiro atoms. The number of amides is 1. The molecule has 0 bridgehead atoms. The Labute approximate surface area is 120 Å². The summed E-state index contributed by atoms with van der Waals surface area (Å²) in [6, 6.07) is 2.62. The van der Waals surface area contributed by atoms with E-state index in [9.17, 15) is 4.79 Å². The Morgan fingerprint density at radius 3 is 2.30 bits per heavy atom. The topological polar surface area (TPSA) is 46.3 Å². The lowest BCUT2D eigenvalue weighted by Crippen LogP contribution is -2.44. The van der Waals surface area contributed by atoms with E-state index in [-0.39, 0.29) is 5.91 Å². The molecule has 0 aliphatic heterocycles. The van der Waals surface area contributed by atoms with Gasteiger partial charge in [0.05, 0.1) is 0 Å². The van der Waals surface area contributed by atoms with Gasteiger partial charge in [-0.1, -0.05) is 18.5 Å². The highest BCUT2D eigenvalue weighted by atomic mass is 16.5. The molecule has 1 aromatic heterocycles. The van der Waals surface area contributed by atoms with Gasteiger partial charge in [0.25, 0.3) is 5.91 Å². The largest absolute Gasteiger partial charge is 0.361 e. The molecule has 0 saturated heterocycles. The zero-order valence-corrected chi connectivity index (χ0v) is 12.5. The molecule has 0 radical (unpaired) electrons. The minimum absolute atomic E-state index is 0.0734. The van der Waals surface area contributed by atoms with Crippen molar-refractivity contribution in [3.63, 3.8) is 0 Å². The third kappa shape index (κ3) is 2.74. The maximum absolute atomic E-state index is 12.7. The highest BCUT2D eigenvalue weighted by molar-refractivity contribution is 5.93. The van der Waals surface area contributed by atoms with Gasteiger partial charge in [0.1, 0.15) is 5.76 Å². The Bertz CT molecular complexity index is 471. The molecule has 3 rings (SSSR count). The molecule has 0 aromatic carbocycles. The molecular formula is C16H24N2O2. The van der Waals surface area contributed by atoms with Gasteiger partial charge in [-0.25, -0.2) is 0 Å². The van der Waals surface area contributed by atoms with E-state index in [0.717, 1.165) is 31.6 Å². The van der Waals surface area contributed by atoms with Crippen LogP contribution in [0.4, 0.5) is 0 Å². The van der Waals surface area contributed by atoms with Crippen molar-refractivity contribution in [2.75, 3.05) is 0 Å². The number of aromatic nitrogens is 1. The van der Waals surface area contributed by atoms with Gasteiger partial charge in [-0.3, -0.25) is 4.79 Å². The summed E-state index contributed by atoms with van der Waals surface area (Å²) in [6.45, 7) is 4.10. The van der Waals surface area contributed by atoms with Crippen molar-refractivity contribution in [1.29, 1.82) is 0 Å². The first kappa shape index (κ1) is 13.7. The number of rotatable bonds is 4. The average Bonchev–Trinajstić information content (AvgIpc) is 3.20. The fourth-order valence-electron chi connectivity index (χ4n) is 3.41. The Balaban J connectivity index is 1.71. The molecule has 2 fully saturated rings. The highest BCUT2D eigenvalue weighted by Gasteiger charge is 2.39. The number of nitrogens with zero attached hydrogens (tertiary/aromatic N) is 2. The molecule has 1 aromatic rings. The van der Waals surface area contributed by atoms with Crippen molar-refractivity contribution < 1.29 is 9.32 Å². The molecule has 2 aliphatic rings. The van der Waals surface area contributed by atoms with Gasteiger partial charge >= 0.3 is 0 Å². The minimum Gasteiger partial charge on any atom is -0.361 e. The average molecular weight is 276 g/mol. The molecule has 0 unspecified atom stereocenters. The van der Waals surface area contributed by atoms with E-state index in [1.165, 1.54) is 19.3 Å². The van der Waals surface area contributed by atoms with E-state index < -0.39 is 0 Å². The fourth-order valence-corrected chi connectivity index (χ4v) is 3.41. The number of hydrogen-bond donors (Lipinski definition) is 0. The van der Waals surface area contributed by atoms with E-state index in [0.29, 0.717) is 23.5 Å². The Hall–Kier alpha value is -1.32. The summed E-state index contributed by atoms with van der Waals surface area (Å²) >= 11 is 0. The smallest absolute Gasteiger partial charge is 0.276 e. The molecular weight excluding hydrogens is 252 g/mol. The Morgan fingerprint density at radius 1 is 1.25 bits per heavy atom. The summed E-state index contributed by atoms with van der Waals surface area (Å²) in [5.41, 5.74) is 0.479. The van der Waals surface area contributed by atoms with E-state index in [1.807, 2.05) is 6.92 Å². The number of aryl methyl sites for hydroxylation is 1. The molecule has 0 N–H and O–H groups in total. The first-order valence-corrected chi connectivity index (χ1v) is 7.95. The Kier molecular flexibility index (Phi) is 3.81. The summed E-state index contributed by atoms with van der Waals surface area (Å²) in [7, 11) is 0. The van der Waals surface area contributed by atoms with Crippen LogP contribution in [0, 0.1) is 12.8 Å². The third-order valence-electron chi connectivity index (χ3n) is 4.81. The zero-order chi connectivity index (χ0) is 14.1. The predicted molar refractivity (Wildman–Crippen MR) is 76.5 cm³/mol. The van der Waals surface area contributed by atoms with Crippen LogP contribution in [0.2, 0.25) is 0 Å². The van der Waals surface area contributed by atoms with Gasteiger partial charge in [-0.2, -0.15) is 0 Å². The summed E-state index contributed by atoms with van der Waals surface area (Å²) < 4.78 is 5.06. The second kappa shape index (κ2) is 5.58. The maximum atomic E-state index is 12.7. The quantitative estimate of drug-likeness (QED) is 0.844. The van der Waals surface area contributed by atoms with Crippen molar-refractivity contribution in [3.05, 3.63) is 17.5 Å². The van der Waals surface area contributed by atoms with Crippen LogP contribution >= 0.6 is 0 Å². The van der Waals surface area contributed by atoms with Gasteiger partial charge < -0.3 is 9.42 Å². The normalized spacial score (nSPS) is 26.5. The number of carbonyl (C=O) groups is 1. The predicted octanol–water partition coefficient (Wildman–Crippen LogP) is 3.56. The van der Waals surface area contributed by atoms with Crippen LogP contribution in [0.1, 0.15) is 68.1 Å². The number of hydrogen-bond acceptors (Lipinski definition) is 3. The molecule has 2 saturated carbocycles. The van der Waals surface area contributed by atoms with E-state index >= 15 is 0 Å². The lowest BCUT2D eigenvalue weighted by atomic mass is 9.83. The van der Waals surface area contributed by atoms with Crippen LogP contribution in [0.5, 0.6) is 0 Å². The molecule has 1 amide bonds. The van der Waals surface area contributed by atoms with Gasteiger partial charge in [0, 0.05) is 18.2 Å². The summed E-state index contributed by atoms with van der Waals surface area (Å²) in [5, 5.41) is 3.91. The third-order valence-corrected chi connectivity index (χ3v) is 4.81. The van der Waals surface area contributed by atoms with Crippen LogP contribution in [-0.4, -0.2) is 28.0 Å². The van der Waals surface area contributed by atoms with Crippen molar-refractivity contribution in [1.82, 2.24) is 10.1 Å². The van der Waals surface area contributed by atoms with Gasteiger partial charge in [-0.05, 0) is 51.4 Å². The van der Waals surface area contributed by atoms with Crippen LogP contribution in [0.25, 0.3) is 0 Å². The summed E-state index contributed by atoms with van der Waals surface area (Å²) in [4.78, 5) is 14.8. The highest BCUT2D eigenvalue weighted by Crippen LogP contribution is 2.36. The molecule has 1 heterocycles. The summed E-state index contributed by atoms with van der Waals surface area (Å²) in [5.74, 6) is 1.64. The van der Waals surface area contributed by atoms with Crippen LogP contribution < -0.4 is 0 Å². The molecule has 20 heavy (non-hydrogen) atoms. The first-order chi connectivity index (χ1) is 9.69. The first-order valence-electron chi connectivity index (χ1n) is 7.95. The lowest BCUT2D eigenvalue weighted by Gasteiger charge is -2.36. The van der Waals surface area contributed by atoms with Gasteiger partial charge in [-0.15, -0.1) is 0 Å².